The first-order chi connectivity index (χ1) is 7.67. The highest BCUT2D eigenvalue weighted by Crippen LogP contribution is 2.27. The van der Waals surface area contributed by atoms with Crippen molar-refractivity contribution in [3.63, 3.8) is 0 Å². The molecule has 4 nitrogen and oxygen atoms in total. The molecule has 92 valence electrons. The standard InChI is InChI=1S/C11H18BrNO3/c1-15-11(4-6-16-8-11)7-13-5-2-3-9(12)10(13)14/h9H,2-8H2,1H3. The van der Waals surface area contributed by atoms with Gasteiger partial charge >= 0.3 is 0 Å². The number of carbonyl (C=O) groups is 1. The highest BCUT2D eigenvalue weighted by Gasteiger charge is 2.39. The molecule has 0 spiro atoms. The monoisotopic (exact) mass is 291 g/mol. The maximum atomic E-state index is 12.0. The van der Waals surface area contributed by atoms with Gasteiger partial charge in [0, 0.05) is 26.7 Å². The van der Waals surface area contributed by atoms with Gasteiger partial charge in [0.25, 0.3) is 0 Å². The average molecular weight is 292 g/mol. The van der Waals surface area contributed by atoms with Crippen molar-refractivity contribution in [2.75, 3.05) is 33.4 Å². The summed E-state index contributed by atoms with van der Waals surface area (Å²) in [4.78, 5) is 13.8. The molecule has 5 heteroatoms. The van der Waals surface area contributed by atoms with Crippen molar-refractivity contribution in [2.24, 2.45) is 0 Å². The second-order valence-electron chi connectivity index (χ2n) is 4.56. The number of carbonyl (C=O) groups excluding carboxylic acids is 1. The van der Waals surface area contributed by atoms with E-state index < -0.39 is 0 Å². The highest BCUT2D eigenvalue weighted by atomic mass is 79.9. The molecule has 16 heavy (non-hydrogen) atoms. The van der Waals surface area contributed by atoms with Crippen molar-refractivity contribution in [2.45, 2.75) is 29.7 Å². The lowest BCUT2D eigenvalue weighted by molar-refractivity contribution is -0.137. The van der Waals surface area contributed by atoms with Crippen LogP contribution in [-0.4, -0.2) is 54.6 Å². The topological polar surface area (TPSA) is 38.8 Å². The van der Waals surface area contributed by atoms with Gasteiger partial charge in [-0.15, -0.1) is 0 Å². The van der Waals surface area contributed by atoms with Crippen molar-refractivity contribution < 1.29 is 14.3 Å². The molecule has 0 aromatic heterocycles. The van der Waals surface area contributed by atoms with Crippen LogP contribution in [0.25, 0.3) is 0 Å². The normalized spacial score (nSPS) is 35.8. The van der Waals surface area contributed by atoms with Gasteiger partial charge in [-0.05, 0) is 12.8 Å². The summed E-state index contributed by atoms with van der Waals surface area (Å²) in [5.41, 5.74) is -0.278. The molecule has 2 aliphatic heterocycles. The van der Waals surface area contributed by atoms with E-state index in [-0.39, 0.29) is 16.3 Å². The molecule has 0 aliphatic carbocycles. The van der Waals surface area contributed by atoms with Gasteiger partial charge in [0.2, 0.25) is 5.91 Å². The Hall–Kier alpha value is -0.130. The van der Waals surface area contributed by atoms with Gasteiger partial charge in [0.05, 0.1) is 18.0 Å². The number of piperidine rings is 1. The first-order valence-corrected chi connectivity index (χ1v) is 6.64. The van der Waals surface area contributed by atoms with E-state index in [2.05, 4.69) is 15.9 Å². The largest absolute Gasteiger partial charge is 0.378 e. The molecule has 0 radical (unpaired) electrons. The zero-order valence-corrected chi connectivity index (χ0v) is 11.2. The Morgan fingerprint density at radius 2 is 2.50 bits per heavy atom. The van der Waals surface area contributed by atoms with Gasteiger partial charge in [-0.2, -0.15) is 0 Å². The first-order valence-electron chi connectivity index (χ1n) is 5.73. The SMILES string of the molecule is COC1(CN2CCCC(Br)C2=O)CCOC1. The van der Waals surface area contributed by atoms with Crippen LogP contribution in [0.15, 0.2) is 0 Å². The lowest BCUT2D eigenvalue weighted by Gasteiger charge is -2.36. The minimum atomic E-state index is -0.278. The number of likely N-dealkylation sites (tertiary alicyclic amines) is 1. The molecular weight excluding hydrogens is 274 g/mol. The quantitative estimate of drug-likeness (QED) is 0.733. The van der Waals surface area contributed by atoms with E-state index >= 15 is 0 Å². The molecule has 0 aromatic carbocycles. The third-order valence-corrected chi connectivity index (χ3v) is 4.29. The molecule has 0 N–H and O–H groups in total. The molecule has 0 saturated carbocycles. The molecule has 2 atom stereocenters. The number of alkyl halides is 1. The maximum absolute atomic E-state index is 12.0. The summed E-state index contributed by atoms with van der Waals surface area (Å²) in [7, 11) is 1.70. The fourth-order valence-electron chi connectivity index (χ4n) is 2.34. The third kappa shape index (κ3) is 2.41. The van der Waals surface area contributed by atoms with E-state index in [1.807, 2.05) is 4.90 Å². The van der Waals surface area contributed by atoms with E-state index in [1.54, 1.807) is 7.11 Å². The number of hydrogen-bond donors (Lipinski definition) is 0. The number of amides is 1. The van der Waals surface area contributed by atoms with E-state index in [1.165, 1.54) is 0 Å². The smallest absolute Gasteiger partial charge is 0.236 e. The van der Waals surface area contributed by atoms with Gasteiger partial charge in [-0.1, -0.05) is 15.9 Å². The second-order valence-corrected chi connectivity index (χ2v) is 5.66. The van der Waals surface area contributed by atoms with Gasteiger partial charge in [-0.25, -0.2) is 0 Å². The maximum Gasteiger partial charge on any atom is 0.236 e. The molecule has 2 aliphatic rings. The second kappa shape index (κ2) is 5.02. The van der Waals surface area contributed by atoms with Crippen molar-refractivity contribution in [1.29, 1.82) is 0 Å². The summed E-state index contributed by atoms with van der Waals surface area (Å²) >= 11 is 3.42. The van der Waals surface area contributed by atoms with E-state index in [0.717, 1.165) is 32.4 Å². The van der Waals surface area contributed by atoms with Crippen molar-refractivity contribution in [3.05, 3.63) is 0 Å². The molecule has 1 amide bonds. The van der Waals surface area contributed by atoms with Gasteiger partial charge in [-0.3, -0.25) is 4.79 Å². The Bertz CT molecular complexity index is 266. The molecule has 2 unspecified atom stereocenters. The third-order valence-electron chi connectivity index (χ3n) is 3.44. The minimum absolute atomic E-state index is 0.0162. The summed E-state index contributed by atoms with van der Waals surface area (Å²) in [6.07, 6.45) is 2.87. The Labute approximate surface area is 104 Å². The first kappa shape index (κ1) is 12.3. The molecule has 2 fully saturated rings. The van der Waals surface area contributed by atoms with Crippen LogP contribution in [0.4, 0.5) is 0 Å². The Morgan fingerprint density at radius 3 is 3.12 bits per heavy atom. The Morgan fingerprint density at radius 1 is 1.69 bits per heavy atom. The fourth-order valence-corrected chi connectivity index (χ4v) is 2.95. The van der Waals surface area contributed by atoms with Crippen LogP contribution in [-0.2, 0) is 14.3 Å². The zero-order chi connectivity index (χ0) is 11.6. The minimum Gasteiger partial charge on any atom is -0.378 e. The number of methoxy groups -OCH3 is 1. The molecule has 0 aromatic rings. The average Bonchev–Trinajstić information content (AvgIpc) is 2.74. The van der Waals surface area contributed by atoms with Crippen LogP contribution in [0.3, 0.4) is 0 Å². The van der Waals surface area contributed by atoms with Crippen LogP contribution in [0, 0.1) is 0 Å². The number of halogens is 1. The number of ether oxygens (including phenoxy) is 2. The van der Waals surface area contributed by atoms with E-state index in [4.69, 9.17) is 9.47 Å². The Balaban J connectivity index is 1.99. The lowest BCUT2D eigenvalue weighted by atomic mass is 10.0. The summed E-state index contributed by atoms with van der Waals surface area (Å²) in [5.74, 6) is 0.189. The van der Waals surface area contributed by atoms with Crippen LogP contribution >= 0.6 is 15.9 Å². The predicted molar refractivity (Wildman–Crippen MR) is 63.7 cm³/mol. The number of nitrogens with zero attached hydrogens (tertiary/aromatic N) is 1. The molecule has 2 heterocycles. The van der Waals surface area contributed by atoms with E-state index in [9.17, 15) is 4.79 Å². The molecule has 2 rings (SSSR count). The summed E-state index contributed by atoms with van der Waals surface area (Å²) in [5, 5.41) is 0. The van der Waals surface area contributed by atoms with Crippen molar-refractivity contribution >= 4 is 21.8 Å². The van der Waals surface area contributed by atoms with E-state index in [0.29, 0.717) is 13.2 Å². The predicted octanol–water partition coefficient (Wildman–Crippen LogP) is 1.18. The van der Waals surface area contributed by atoms with Gasteiger partial charge < -0.3 is 14.4 Å². The fraction of sp³-hybridized carbons (Fsp3) is 0.909. The van der Waals surface area contributed by atoms with Gasteiger partial charge in [0.1, 0.15) is 5.60 Å². The van der Waals surface area contributed by atoms with Crippen LogP contribution in [0.2, 0.25) is 0 Å². The van der Waals surface area contributed by atoms with Crippen LogP contribution in [0.5, 0.6) is 0 Å². The van der Waals surface area contributed by atoms with Crippen molar-refractivity contribution in [1.82, 2.24) is 4.90 Å². The Kier molecular flexibility index (Phi) is 3.87. The van der Waals surface area contributed by atoms with Gasteiger partial charge in [0.15, 0.2) is 0 Å². The lowest BCUT2D eigenvalue weighted by Crippen LogP contribution is -2.51. The summed E-state index contributed by atoms with van der Waals surface area (Å²) < 4.78 is 10.9. The zero-order valence-electron chi connectivity index (χ0n) is 9.58. The van der Waals surface area contributed by atoms with Crippen molar-refractivity contribution in [3.8, 4) is 0 Å². The van der Waals surface area contributed by atoms with Crippen LogP contribution in [0.1, 0.15) is 19.3 Å². The molecule has 0 bridgehead atoms. The number of hydrogen-bond acceptors (Lipinski definition) is 3. The number of rotatable bonds is 3. The molecular formula is C11H18BrNO3. The highest BCUT2D eigenvalue weighted by molar-refractivity contribution is 9.10. The molecule has 2 saturated heterocycles. The summed E-state index contributed by atoms with van der Waals surface area (Å²) in [6.45, 7) is 2.82. The van der Waals surface area contributed by atoms with Crippen LogP contribution < -0.4 is 0 Å². The summed E-state index contributed by atoms with van der Waals surface area (Å²) in [6, 6.07) is 0.